The monoisotopic (exact) mass is 307 g/mol. The van der Waals surface area contributed by atoms with E-state index in [1.807, 2.05) is 7.05 Å². The van der Waals surface area contributed by atoms with Gasteiger partial charge in [0, 0.05) is 5.69 Å². The molecule has 0 aliphatic rings. The van der Waals surface area contributed by atoms with E-state index >= 15 is 0 Å². The summed E-state index contributed by atoms with van der Waals surface area (Å²) in [5.41, 5.74) is 7.09. The van der Waals surface area contributed by atoms with Crippen molar-refractivity contribution in [1.29, 1.82) is 0 Å². The first-order valence-electron chi connectivity index (χ1n) is 7.85. The maximum absolute atomic E-state index is 12.6. The number of methoxy groups -OCH3 is 1. The third-order valence-corrected chi connectivity index (χ3v) is 3.74. The van der Waals surface area contributed by atoms with Gasteiger partial charge in [0.15, 0.2) is 0 Å². The van der Waals surface area contributed by atoms with Gasteiger partial charge in [0.25, 0.3) is 0 Å². The summed E-state index contributed by atoms with van der Waals surface area (Å²) < 4.78 is 5.13. The number of hydrogen-bond donors (Lipinski definition) is 2. The molecule has 5 heteroatoms. The van der Waals surface area contributed by atoms with Crippen LogP contribution in [0.15, 0.2) is 18.2 Å². The molecule has 0 bridgehead atoms. The number of hydrogen-bond acceptors (Lipinski definition) is 4. The highest BCUT2D eigenvalue weighted by molar-refractivity contribution is 5.95. The normalized spacial score (nSPS) is 12.5. The Morgan fingerprint density at radius 1 is 1.41 bits per heavy atom. The van der Waals surface area contributed by atoms with Crippen LogP contribution in [0, 0.1) is 5.92 Å². The van der Waals surface area contributed by atoms with Crippen LogP contribution in [0.4, 0.5) is 11.4 Å². The fraction of sp³-hybridized carbons (Fsp3) is 0.588. The SMILES string of the molecule is CCCCN(C)C(C(=O)Nc1ccc(OC)c(N)c1)C(C)C. The minimum Gasteiger partial charge on any atom is -0.495 e. The second-order valence-corrected chi connectivity index (χ2v) is 5.97. The minimum absolute atomic E-state index is 0.00169. The molecule has 1 aromatic rings. The molecule has 1 atom stereocenters. The number of rotatable bonds is 8. The maximum Gasteiger partial charge on any atom is 0.241 e. The van der Waals surface area contributed by atoms with E-state index in [1.54, 1.807) is 25.3 Å². The third-order valence-electron chi connectivity index (χ3n) is 3.74. The predicted molar refractivity (Wildman–Crippen MR) is 92.2 cm³/mol. The highest BCUT2D eigenvalue weighted by atomic mass is 16.5. The van der Waals surface area contributed by atoms with E-state index in [2.05, 4.69) is 31.0 Å². The molecule has 1 unspecified atom stereocenters. The van der Waals surface area contributed by atoms with Crippen LogP contribution < -0.4 is 15.8 Å². The number of anilines is 2. The van der Waals surface area contributed by atoms with Gasteiger partial charge in [0.05, 0.1) is 18.8 Å². The molecule has 0 heterocycles. The first-order chi connectivity index (χ1) is 10.4. The smallest absolute Gasteiger partial charge is 0.241 e. The third kappa shape index (κ3) is 4.91. The average molecular weight is 307 g/mol. The number of unbranched alkanes of at least 4 members (excludes halogenated alkanes) is 1. The lowest BCUT2D eigenvalue weighted by Gasteiger charge is -2.30. The molecule has 0 fully saturated rings. The van der Waals surface area contributed by atoms with Crippen molar-refractivity contribution >= 4 is 17.3 Å². The molecule has 0 aromatic heterocycles. The van der Waals surface area contributed by atoms with E-state index in [0.29, 0.717) is 17.1 Å². The van der Waals surface area contributed by atoms with Crippen LogP contribution in [0.1, 0.15) is 33.6 Å². The van der Waals surface area contributed by atoms with Gasteiger partial charge in [-0.2, -0.15) is 0 Å². The van der Waals surface area contributed by atoms with Crippen LogP contribution in [0.3, 0.4) is 0 Å². The first-order valence-corrected chi connectivity index (χ1v) is 7.85. The van der Waals surface area contributed by atoms with E-state index in [9.17, 15) is 4.79 Å². The Morgan fingerprint density at radius 2 is 2.09 bits per heavy atom. The van der Waals surface area contributed by atoms with Gasteiger partial charge < -0.3 is 15.8 Å². The van der Waals surface area contributed by atoms with E-state index < -0.39 is 0 Å². The second kappa shape index (κ2) is 8.63. The fourth-order valence-electron chi connectivity index (χ4n) is 2.59. The summed E-state index contributed by atoms with van der Waals surface area (Å²) in [6.45, 7) is 7.19. The number of likely N-dealkylation sites (N-methyl/N-ethyl adjacent to an activating group) is 1. The van der Waals surface area contributed by atoms with Crippen LogP contribution >= 0.6 is 0 Å². The fourth-order valence-corrected chi connectivity index (χ4v) is 2.59. The molecule has 0 radical (unpaired) electrons. The molecule has 0 saturated heterocycles. The molecule has 3 N–H and O–H groups in total. The molecule has 1 amide bonds. The van der Waals surface area contributed by atoms with Gasteiger partial charge >= 0.3 is 0 Å². The lowest BCUT2D eigenvalue weighted by atomic mass is 10.0. The number of benzene rings is 1. The number of carbonyl (C=O) groups excluding carboxylic acids is 1. The van der Waals surface area contributed by atoms with Gasteiger partial charge in [-0.05, 0) is 44.1 Å². The highest BCUT2D eigenvalue weighted by Crippen LogP contribution is 2.25. The quantitative estimate of drug-likeness (QED) is 0.725. The molecule has 0 saturated carbocycles. The van der Waals surface area contributed by atoms with Crippen LogP contribution in [0.2, 0.25) is 0 Å². The lowest BCUT2D eigenvalue weighted by molar-refractivity contribution is -0.122. The largest absolute Gasteiger partial charge is 0.495 e. The van der Waals surface area contributed by atoms with Gasteiger partial charge in [-0.25, -0.2) is 0 Å². The number of nitrogens with one attached hydrogen (secondary N) is 1. The summed E-state index contributed by atoms with van der Waals surface area (Å²) in [4.78, 5) is 14.7. The maximum atomic E-state index is 12.6. The van der Waals surface area contributed by atoms with Crippen molar-refractivity contribution in [3.63, 3.8) is 0 Å². The minimum atomic E-state index is -0.158. The summed E-state index contributed by atoms with van der Waals surface area (Å²) in [6.07, 6.45) is 2.20. The summed E-state index contributed by atoms with van der Waals surface area (Å²) in [7, 11) is 3.57. The topological polar surface area (TPSA) is 67.6 Å². The van der Waals surface area contributed by atoms with Crippen molar-refractivity contribution in [3.8, 4) is 5.75 Å². The predicted octanol–water partition coefficient (Wildman–Crippen LogP) is 2.97. The van der Waals surface area contributed by atoms with E-state index in [1.165, 1.54) is 0 Å². The summed E-state index contributed by atoms with van der Waals surface area (Å²) in [6, 6.07) is 5.13. The standard InChI is InChI=1S/C17H29N3O2/c1-6-7-10-20(4)16(12(2)3)17(21)19-13-8-9-15(22-5)14(18)11-13/h8-9,11-12,16H,6-7,10,18H2,1-5H3,(H,19,21). The van der Waals surface area contributed by atoms with E-state index in [0.717, 1.165) is 19.4 Å². The van der Waals surface area contributed by atoms with Crippen LogP contribution in [0.25, 0.3) is 0 Å². The van der Waals surface area contributed by atoms with Gasteiger partial charge in [-0.1, -0.05) is 27.2 Å². The van der Waals surface area contributed by atoms with Gasteiger partial charge in [0.2, 0.25) is 5.91 Å². The van der Waals surface area contributed by atoms with Crippen molar-refractivity contribution in [2.75, 3.05) is 31.8 Å². The summed E-state index contributed by atoms with van der Waals surface area (Å²) in [5.74, 6) is 0.842. The Balaban J connectivity index is 2.80. The zero-order valence-corrected chi connectivity index (χ0v) is 14.3. The molecule has 1 aromatic carbocycles. The Morgan fingerprint density at radius 3 is 2.59 bits per heavy atom. The summed E-state index contributed by atoms with van der Waals surface area (Å²) >= 11 is 0. The zero-order chi connectivity index (χ0) is 16.7. The van der Waals surface area contributed by atoms with E-state index in [4.69, 9.17) is 10.5 Å². The van der Waals surface area contributed by atoms with Gasteiger partial charge in [-0.3, -0.25) is 9.69 Å². The molecular weight excluding hydrogens is 278 g/mol. The molecule has 0 aliphatic heterocycles. The zero-order valence-electron chi connectivity index (χ0n) is 14.3. The number of nitrogen functional groups attached to an aromatic ring is 1. The van der Waals surface area contributed by atoms with Gasteiger partial charge in [0.1, 0.15) is 5.75 Å². The Kier molecular flexibility index (Phi) is 7.18. The molecule has 124 valence electrons. The molecule has 5 nitrogen and oxygen atoms in total. The van der Waals surface area contributed by atoms with Crippen molar-refractivity contribution in [2.45, 2.75) is 39.7 Å². The summed E-state index contributed by atoms with van der Waals surface area (Å²) in [5, 5.41) is 2.96. The molecule has 1 rings (SSSR count). The number of carbonyl (C=O) groups is 1. The Bertz CT molecular complexity index is 489. The molecular formula is C17H29N3O2. The average Bonchev–Trinajstić information content (AvgIpc) is 2.45. The van der Waals surface area contributed by atoms with Crippen molar-refractivity contribution in [3.05, 3.63) is 18.2 Å². The van der Waals surface area contributed by atoms with Crippen LogP contribution in [-0.4, -0.2) is 37.6 Å². The first kappa shape index (κ1) is 18.3. The van der Waals surface area contributed by atoms with Crippen LogP contribution in [-0.2, 0) is 4.79 Å². The number of nitrogens with zero attached hydrogens (tertiary/aromatic N) is 1. The second-order valence-electron chi connectivity index (χ2n) is 5.97. The molecule has 22 heavy (non-hydrogen) atoms. The number of ether oxygens (including phenoxy) is 1. The van der Waals surface area contributed by atoms with Crippen LogP contribution in [0.5, 0.6) is 5.75 Å². The molecule has 0 aliphatic carbocycles. The van der Waals surface area contributed by atoms with Crippen molar-refractivity contribution < 1.29 is 9.53 Å². The number of nitrogens with two attached hydrogens (primary N) is 1. The van der Waals surface area contributed by atoms with E-state index in [-0.39, 0.29) is 17.9 Å². The molecule has 0 spiro atoms. The Hall–Kier alpha value is -1.75. The Labute approximate surface area is 133 Å². The van der Waals surface area contributed by atoms with Crippen molar-refractivity contribution in [1.82, 2.24) is 4.90 Å². The number of amides is 1. The lowest BCUT2D eigenvalue weighted by Crippen LogP contribution is -2.45. The van der Waals surface area contributed by atoms with Gasteiger partial charge in [-0.15, -0.1) is 0 Å². The van der Waals surface area contributed by atoms with Crippen molar-refractivity contribution in [2.24, 2.45) is 5.92 Å². The highest BCUT2D eigenvalue weighted by Gasteiger charge is 2.26.